The maximum atomic E-state index is 13.3. The highest BCUT2D eigenvalue weighted by atomic mass is 16.5. The number of fused-ring (bicyclic) bond motifs is 1. The third kappa shape index (κ3) is 4.00. The van der Waals surface area contributed by atoms with Crippen LogP contribution in [0.3, 0.4) is 0 Å². The van der Waals surface area contributed by atoms with Crippen LogP contribution >= 0.6 is 0 Å². The van der Waals surface area contributed by atoms with Gasteiger partial charge in [-0.3, -0.25) is 19.3 Å². The molecule has 33 heavy (non-hydrogen) atoms. The van der Waals surface area contributed by atoms with Gasteiger partial charge >= 0.3 is 0 Å². The second-order valence-electron chi connectivity index (χ2n) is 7.67. The molecule has 1 aliphatic heterocycles. The molecule has 0 atom stereocenters. The van der Waals surface area contributed by atoms with Crippen molar-refractivity contribution >= 4 is 22.7 Å². The van der Waals surface area contributed by atoms with Gasteiger partial charge in [0.25, 0.3) is 11.8 Å². The van der Waals surface area contributed by atoms with Gasteiger partial charge in [-0.25, -0.2) is 15.0 Å². The van der Waals surface area contributed by atoms with Gasteiger partial charge in [0.2, 0.25) is 0 Å². The number of ether oxygens (including phenoxy) is 1. The topological polar surface area (TPSA) is 93.5 Å². The van der Waals surface area contributed by atoms with Crippen molar-refractivity contribution < 1.29 is 14.3 Å². The summed E-state index contributed by atoms with van der Waals surface area (Å²) < 4.78 is 7.04. The van der Waals surface area contributed by atoms with E-state index in [-0.39, 0.29) is 24.1 Å². The van der Waals surface area contributed by atoms with Gasteiger partial charge in [-0.05, 0) is 36.8 Å². The molecular formula is C24H22N6O3. The zero-order valence-electron chi connectivity index (χ0n) is 18.1. The minimum absolute atomic E-state index is 0.0263. The smallest absolute Gasteiger partial charge is 0.291 e. The summed E-state index contributed by atoms with van der Waals surface area (Å²) in [6.07, 6.45) is 5.86. The van der Waals surface area contributed by atoms with Crippen molar-refractivity contribution in [2.24, 2.45) is 0 Å². The van der Waals surface area contributed by atoms with Crippen LogP contribution < -0.4 is 4.74 Å². The van der Waals surface area contributed by atoms with Crippen LogP contribution in [-0.2, 0) is 11.3 Å². The predicted octanol–water partition coefficient (Wildman–Crippen LogP) is 2.79. The van der Waals surface area contributed by atoms with E-state index in [2.05, 4.69) is 15.1 Å². The van der Waals surface area contributed by atoms with E-state index in [1.165, 1.54) is 10.0 Å². The first kappa shape index (κ1) is 20.6. The minimum Gasteiger partial charge on any atom is -0.496 e. The van der Waals surface area contributed by atoms with Crippen molar-refractivity contribution in [1.82, 2.24) is 29.8 Å². The predicted molar refractivity (Wildman–Crippen MR) is 121 cm³/mol. The molecule has 2 amide bonds. The van der Waals surface area contributed by atoms with Gasteiger partial charge in [0.15, 0.2) is 0 Å². The van der Waals surface area contributed by atoms with E-state index in [0.29, 0.717) is 30.8 Å². The van der Waals surface area contributed by atoms with E-state index >= 15 is 0 Å². The third-order valence-corrected chi connectivity index (χ3v) is 5.57. The Labute approximate surface area is 190 Å². The number of benzene rings is 1. The first-order valence-electron chi connectivity index (χ1n) is 10.6. The Morgan fingerprint density at radius 2 is 1.91 bits per heavy atom. The van der Waals surface area contributed by atoms with Crippen molar-refractivity contribution in [3.05, 3.63) is 72.8 Å². The molecule has 0 spiro atoms. The van der Waals surface area contributed by atoms with Crippen molar-refractivity contribution in [2.45, 2.75) is 13.0 Å². The molecule has 0 unspecified atom stereocenters. The van der Waals surface area contributed by atoms with E-state index in [1.54, 1.807) is 36.4 Å². The zero-order chi connectivity index (χ0) is 22.8. The average molecular weight is 442 g/mol. The van der Waals surface area contributed by atoms with Crippen LogP contribution in [0.5, 0.6) is 5.75 Å². The van der Waals surface area contributed by atoms with E-state index in [0.717, 1.165) is 16.6 Å². The summed E-state index contributed by atoms with van der Waals surface area (Å²) in [5.41, 5.74) is 2.51. The van der Waals surface area contributed by atoms with Crippen molar-refractivity contribution in [2.75, 3.05) is 20.2 Å². The molecule has 0 aliphatic carbocycles. The van der Waals surface area contributed by atoms with Gasteiger partial charge in [-0.1, -0.05) is 12.1 Å². The highest BCUT2D eigenvalue weighted by Crippen LogP contribution is 2.26. The molecule has 9 heteroatoms. The third-order valence-electron chi connectivity index (χ3n) is 5.57. The molecule has 166 valence electrons. The largest absolute Gasteiger partial charge is 0.496 e. The fraction of sp³-hybridized carbons (Fsp3) is 0.208. The number of carbonyl (C=O) groups excluding carboxylic acids is 2. The lowest BCUT2D eigenvalue weighted by Gasteiger charge is -2.27. The second-order valence-corrected chi connectivity index (χ2v) is 7.67. The number of hydrogen-bond acceptors (Lipinski definition) is 6. The van der Waals surface area contributed by atoms with Gasteiger partial charge in [-0.2, -0.15) is 5.10 Å². The molecule has 1 aromatic carbocycles. The number of pyridine rings is 2. The Bertz CT molecular complexity index is 1320. The van der Waals surface area contributed by atoms with Gasteiger partial charge in [0, 0.05) is 48.7 Å². The second kappa shape index (κ2) is 8.70. The normalized spacial score (nSPS) is 13.5. The molecule has 0 bridgehead atoms. The molecule has 0 N–H and O–H groups in total. The molecule has 3 aromatic heterocycles. The number of aromatic nitrogens is 4. The van der Waals surface area contributed by atoms with Crippen LogP contribution in [0.25, 0.3) is 22.2 Å². The standard InChI is InChI=1S/C24H22N6O3/c1-33-22-14-21(26-20-8-3-2-7-18(20)22)24(32)30-12-5-11-29(30)23(31)16-28-13-9-19(27-28)17-6-4-10-25-15-17/h2-4,6-10,13-15H,5,11-12,16H2,1H3. The van der Waals surface area contributed by atoms with Crippen molar-refractivity contribution in [1.29, 1.82) is 0 Å². The monoisotopic (exact) mass is 442 g/mol. The Kier molecular flexibility index (Phi) is 5.43. The molecule has 5 rings (SSSR count). The first-order chi connectivity index (χ1) is 16.1. The first-order valence-corrected chi connectivity index (χ1v) is 10.6. The number of nitrogens with zero attached hydrogens (tertiary/aromatic N) is 6. The number of para-hydroxylation sites is 1. The fourth-order valence-corrected chi connectivity index (χ4v) is 3.97. The maximum Gasteiger partial charge on any atom is 0.291 e. The quantitative estimate of drug-likeness (QED) is 0.472. The van der Waals surface area contributed by atoms with Crippen LogP contribution in [-0.4, -0.2) is 61.8 Å². The fourth-order valence-electron chi connectivity index (χ4n) is 3.97. The lowest BCUT2D eigenvalue weighted by Crippen LogP contribution is -2.46. The number of methoxy groups -OCH3 is 1. The summed E-state index contributed by atoms with van der Waals surface area (Å²) in [5, 5.41) is 8.25. The number of amides is 2. The number of carbonyl (C=O) groups is 2. The van der Waals surface area contributed by atoms with Crippen LogP contribution in [0.15, 0.2) is 67.1 Å². The number of hydrazine groups is 1. The summed E-state index contributed by atoms with van der Waals surface area (Å²) in [7, 11) is 1.56. The molecule has 0 saturated carbocycles. The molecule has 1 aliphatic rings. The molecule has 0 radical (unpaired) electrons. The minimum atomic E-state index is -0.332. The summed E-state index contributed by atoms with van der Waals surface area (Å²) in [4.78, 5) is 35.0. The number of hydrogen-bond donors (Lipinski definition) is 0. The van der Waals surface area contributed by atoms with Crippen LogP contribution in [0.1, 0.15) is 16.9 Å². The van der Waals surface area contributed by atoms with Gasteiger partial charge in [0.05, 0.1) is 18.3 Å². The van der Waals surface area contributed by atoms with Gasteiger partial charge in [-0.15, -0.1) is 0 Å². The number of rotatable bonds is 5. The van der Waals surface area contributed by atoms with Crippen LogP contribution in [0.4, 0.5) is 0 Å². The summed E-state index contributed by atoms with van der Waals surface area (Å²) in [6, 6.07) is 14.7. The molecular weight excluding hydrogens is 420 g/mol. The molecule has 9 nitrogen and oxygen atoms in total. The van der Waals surface area contributed by atoms with E-state index in [1.807, 2.05) is 42.5 Å². The van der Waals surface area contributed by atoms with E-state index in [9.17, 15) is 9.59 Å². The van der Waals surface area contributed by atoms with Crippen molar-refractivity contribution in [3.63, 3.8) is 0 Å². The lowest BCUT2D eigenvalue weighted by molar-refractivity contribution is -0.141. The Morgan fingerprint density at radius 1 is 1.06 bits per heavy atom. The Balaban J connectivity index is 1.35. The van der Waals surface area contributed by atoms with Crippen molar-refractivity contribution in [3.8, 4) is 17.0 Å². The van der Waals surface area contributed by atoms with Crippen LogP contribution in [0.2, 0.25) is 0 Å². The Morgan fingerprint density at radius 3 is 2.73 bits per heavy atom. The zero-order valence-corrected chi connectivity index (χ0v) is 18.1. The Hall–Kier alpha value is -4.27. The van der Waals surface area contributed by atoms with Crippen LogP contribution in [0, 0.1) is 0 Å². The molecule has 1 saturated heterocycles. The van der Waals surface area contributed by atoms with Gasteiger partial charge < -0.3 is 4.74 Å². The lowest BCUT2D eigenvalue weighted by atomic mass is 10.1. The summed E-state index contributed by atoms with van der Waals surface area (Å²) in [6.45, 7) is 0.936. The molecule has 1 fully saturated rings. The van der Waals surface area contributed by atoms with Gasteiger partial charge in [0.1, 0.15) is 18.0 Å². The summed E-state index contributed by atoms with van der Waals surface area (Å²) >= 11 is 0. The average Bonchev–Trinajstić information content (AvgIpc) is 3.53. The SMILES string of the molecule is COc1cc(C(=O)N2CCCN2C(=O)Cn2ccc(-c3cccnc3)n2)nc2ccccc12. The van der Waals surface area contributed by atoms with E-state index < -0.39 is 0 Å². The van der Waals surface area contributed by atoms with E-state index in [4.69, 9.17) is 4.74 Å². The molecule has 4 aromatic rings. The molecule has 4 heterocycles. The highest BCUT2D eigenvalue weighted by Gasteiger charge is 2.32. The highest BCUT2D eigenvalue weighted by molar-refractivity contribution is 5.98. The summed E-state index contributed by atoms with van der Waals surface area (Å²) in [5.74, 6) is 0.0244. The maximum absolute atomic E-state index is 13.3.